The van der Waals surface area contributed by atoms with Gasteiger partial charge in [-0.2, -0.15) is 0 Å². The SMILES string of the molecule is Cc1cc(C)c2c(c1)[C@]1(C(=O)N2)[C@@H]2C(=O)N(c3cccc(Cl)c3)C(=O)[C@H]2[C@@H]2CCCN21. The van der Waals surface area contributed by atoms with Gasteiger partial charge in [0.25, 0.3) is 0 Å². The molecule has 0 saturated carbocycles. The summed E-state index contributed by atoms with van der Waals surface area (Å²) < 4.78 is 0. The molecule has 4 heterocycles. The topological polar surface area (TPSA) is 69.7 Å². The highest BCUT2D eigenvalue weighted by Gasteiger charge is 2.74. The number of carbonyl (C=O) groups excluding carboxylic acids is 3. The molecule has 4 atom stereocenters. The van der Waals surface area contributed by atoms with Gasteiger partial charge in [0.15, 0.2) is 0 Å². The van der Waals surface area contributed by atoms with E-state index in [0.29, 0.717) is 17.3 Å². The number of hydrogen-bond donors (Lipinski definition) is 1. The highest BCUT2D eigenvalue weighted by molar-refractivity contribution is 6.31. The van der Waals surface area contributed by atoms with Crippen molar-refractivity contribution in [3.8, 4) is 0 Å². The Morgan fingerprint density at radius 2 is 1.90 bits per heavy atom. The Labute approximate surface area is 185 Å². The van der Waals surface area contributed by atoms with Gasteiger partial charge in [-0.15, -0.1) is 0 Å². The van der Waals surface area contributed by atoms with Crippen LogP contribution in [-0.2, 0) is 19.9 Å². The first-order chi connectivity index (χ1) is 14.9. The lowest BCUT2D eigenvalue weighted by Gasteiger charge is -2.36. The summed E-state index contributed by atoms with van der Waals surface area (Å²) in [4.78, 5) is 44.6. The molecule has 3 saturated heterocycles. The minimum atomic E-state index is -1.14. The number of imide groups is 1. The number of aryl methyl sites for hydroxylation is 2. The molecule has 3 amide bonds. The molecule has 4 aliphatic rings. The van der Waals surface area contributed by atoms with Crippen molar-refractivity contribution in [2.45, 2.75) is 38.3 Å². The molecular weight excluding hydrogens is 414 g/mol. The lowest BCUT2D eigenvalue weighted by atomic mass is 9.75. The molecule has 0 unspecified atom stereocenters. The van der Waals surface area contributed by atoms with Crippen LogP contribution in [0.15, 0.2) is 36.4 Å². The Bertz CT molecular complexity index is 1190. The molecule has 0 aliphatic carbocycles. The summed E-state index contributed by atoms with van der Waals surface area (Å²) in [6, 6.07) is 10.7. The van der Waals surface area contributed by atoms with Crippen LogP contribution in [0.4, 0.5) is 11.4 Å². The Balaban J connectivity index is 1.58. The van der Waals surface area contributed by atoms with Crippen LogP contribution in [0.3, 0.4) is 0 Å². The first-order valence-electron chi connectivity index (χ1n) is 10.7. The predicted molar refractivity (Wildman–Crippen MR) is 117 cm³/mol. The third kappa shape index (κ3) is 2.19. The van der Waals surface area contributed by atoms with Gasteiger partial charge >= 0.3 is 0 Å². The number of hydrogen-bond acceptors (Lipinski definition) is 4. The van der Waals surface area contributed by atoms with Crippen molar-refractivity contribution < 1.29 is 14.4 Å². The fraction of sp³-hybridized carbons (Fsp3) is 0.375. The zero-order valence-electron chi connectivity index (χ0n) is 17.3. The maximum absolute atomic E-state index is 13.9. The van der Waals surface area contributed by atoms with Crippen molar-refractivity contribution in [3.63, 3.8) is 0 Å². The number of benzene rings is 2. The van der Waals surface area contributed by atoms with Crippen molar-refractivity contribution >= 4 is 40.7 Å². The number of nitrogens with one attached hydrogen (secondary N) is 1. The summed E-state index contributed by atoms with van der Waals surface area (Å²) in [6.07, 6.45) is 1.71. The second-order valence-corrected chi connectivity index (χ2v) is 9.56. The van der Waals surface area contributed by atoms with Crippen LogP contribution in [0.5, 0.6) is 0 Å². The first-order valence-corrected chi connectivity index (χ1v) is 11.1. The molecule has 7 heteroatoms. The van der Waals surface area contributed by atoms with Crippen molar-refractivity contribution in [3.05, 3.63) is 58.1 Å². The summed E-state index contributed by atoms with van der Waals surface area (Å²) in [7, 11) is 0. The van der Waals surface area contributed by atoms with E-state index in [4.69, 9.17) is 11.6 Å². The molecular formula is C24H22ClN3O3. The van der Waals surface area contributed by atoms with E-state index in [1.165, 1.54) is 4.90 Å². The highest BCUT2D eigenvalue weighted by Crippen LogP contribution is 2.61. The Morgan fingerprint density at radius 1 is 1.10 bits per heavy atom. The quantitative estimate of drug-likeness (QED) is 0.697. The van der Waals surface area contributed by atoms with Crippen LogP contribution in [0.25, 0.3) is 0 Å². The molecule has 6 rings (SSSR count). The molecule has 1 spiro atoms. The lowest BCUT2D eigenvalue weighted by Crippen LogP contribution is -2.54. The molecule has 6 nitrogen and oxygen atoms in total. The fourth-order valence-corrected chi connectivity index (χ4v) is 6.71. The minimum Gasteiger partial charge on any atom is -0.324 e. The Hall–Kier alpha value is -2.70. The summed E-state index contributed by atoms with van der Waals surface area (Å²) in [5.74, 6) is -2.01. The smallest absolute Gasteiger partial charge is 0.250 e. The van der Waals surface area contributed by atoms with Crippen molar-refractivity contribution in [2.24, 2.45) is 11.8 Å². The summed E-state index contributed by atoms with van der Waals surface area (Å²) in [5.41, 5.74) is 2.96. The molecule has 1 N–H and O–H groups in total. The number of rotatable bonds is 1. The third-order valence-electron chi connectivity index (χ3n) is 7.51. The zero-order valence-corrected chi connectivity index (χ0v) is 18.1. The molecule has 31 heavy (non-hydrogen) atoms. The molecule has 3 fully saturated rings. The summed E-state index contributed by atoms with van der Waals surface area (Å²) in [5, 5.41) is 3.53. The summed E-state index contributed by atoms with van der Waals surface area (Å²) >= 11 is 6.15. The molecule has 0 radical (unpaired) electrons. The lowest BCUT2D eigenvalue weighted by molar-refractivity contribution is -0.135. The number of nitrogens with zero attached hydrogens (tertiary/aromatic N) is 2. The van der Waals surface area contributed by atoms with Crippen LogP contribution in [0, 0.1) is 25.7 Å². The Kier molecular flexibility index (Phi) is 3.79. The molecule has 2 aromatic rings. The average molecular weight is 436 g/mol. The monoisotopic (exact) mass is 435 g/mol. The summed E-state index contributed by atoms with van der Waals surface area (Å²) in [6.45, 7) is 4.67. The van der Waals surface area contributed by atoms with Crippen molar-refractivity contribution in [1.29, 1.82) is 0 Å². The fourth-order valence-electron chi connectivity index (χ4n) is 6.53. The number of anilines is 2. The van der Waals surface area contributed by atoms with E-state index >= 15 is 0 Å². The van der Waals surface area contributed by atoms with E-state index in [2.05, 4.69) is 10.2 Å². The van der Waals surface area contributed by atoms with E-state index in [9.17, 15) is 14.4 Å². The van der Waals surface area contributed by atoms with Gasteiger partial charge in [0.1, 0.15) is 5.54 Å². The maximum atomic E-state index is 13.9. The number of amides is 3. The van der Waals surface area contributed by atoms with E-state index in [-0.39, 0.29) is 23.8 Å². The van der Waals surface area contributed by atoms with Gasteiger partial charge in [0, 0.05) is 22.3 Å². The van der Waals surface area contributed by atoms with Gasteiger partial charge in [-0.1, -0.05) is 35.4 Å². The van der Waals surface area contributed by atoms with Crippen LogP contribution < -0.4 is 10.2 Å². The van der Waals surface area contributed by atoms with Crippen LogP contribution in [0.1, 0.15) is 29.5 Å². The van der Waals surface area contributed by atoms with E-state index < -0.39 is 17.4 Å². The molecule has 2 aromatic carbocycles. The predicted octanol–water partition coefficient (Wildman–Crippen LogP) is 3.39. The second-order valence-electron chi connectivity index (χ2n) is 9.12. The highest BCUT2D eigenvalue weighted by atomic mass is 35.5. The minimum absolute atomic E-state index is 0.122. The molecule has 0 bridgehead atoms. The van der Waals surface area contributed by atoms with Crippen LogP contribution in [-0.4, -0.2) is 35.2 Å². The number of halogens is 1. The van der Waals surface area contributed by atoms with Gasteiger partial charge in [-0.3, -0.25) is 19.3 Å². The van der Waals surface area contributed by atoms with Crippen LogP contribution >= 0.6 is 11.6 Å². The van der Waals surface area contributed by atoms with Crippen molar-refractivity contribution in [2.75, 3.05) is 16.8 Å². The number of fused-ring (bicyclic) bond motifs is 7. The second kappa shape index (κ2) is 6.17. The molecule has 158 valence electrons. The molecule has 0 aromatic heterocycles. The van der Waals surface area contributed by atoms with E-state index in [1.807, 2.05) is 26.0 Å². The normalized spacial score (nSPS) is 31.4. The maximum Gasteiger partial charge on any atom is 0.250 e. The first kappa shape index (κ1) is 19.0. The van der Waals surface area contributed by atoms with Crippen LogP contribution in [0.2, 0.25) is 5.02 Å². The van der Waals surface area contributed by atoms with E-state index in [1.54, 1.807) is 24.3 Å². The van der Waals surface area contributed by atoms with Gasteiger partial charge in [-0.25, -0.2) is 4.90 Å². The van der Waals surface area contributed by atoms with Gasteiger partial charge in [-0.05, 0) is 57.0 Å². The molecule has 4 aliphatic heterocycles. The van der Waals surface area contributed by atoms with E-state index in [0.717, 1.165) is 35.2 Å². The third-order valence-corrected chi connectivity index (χ3v) is 7.74. The van der Waals surface area contributed by atoms with Gasteiger partial charge < -0.3 is 5.32 Å². The largest absolute Gasteiger partial charge is 0.324 e. The zero-order chi connectivity index (χ0) is 21.7. The van der Waals surface area contributed by atoms with Gasteiger partial charge in [0.05, 0.1) is 17.5 Å². The van der Waals surface area contributed by atoms with Gasteiger partial charge in [0.2, 0.25) is 17.7 Å². The average Bonchev–Trinajstić information content (AvgIpc) is 3.41. The number of carbonyl (C=O) groups is 3. The Morgan fingerprint density at radius 3 is 2.68 bits per heavy atom. The standard InChI is InChI=1S/C24H22ClN3O3/c1-12-9-13(2)20-16(10-12)24(23(31)26-20)19-18(17-7-4-8-27(17)24)21(29)28(22(19)30)15-6-3-5-14(25)11-15/h3,5-6,9-11,17-19H,4,7-8H2,1-2H3,(H,26,31)/t17-,18-,19-,24+/m0/s1. The van der Waals surface area contributed by atoms with Crippen molar-refractivity contribution in [1.82, 2.24) is 4.90 Å².